The number of para-hydroxylation sites is 2. The Morgan fingerprint density at radius 1 is 1.09 bits per heavy atom. The second-order valence-electron chi connectivity index (χ2n) is 7.50. The number of hydrogen-bond donors (Lipinski definition) is 1. The van der Waals surface area contributed by atoms with Crippen molar-refractivity contribution in [2.24, 2.45) is 0 Å². The van der Waals surface area contributed by atoms with E-state index in [2.05, 4.69) is 15.2 Å². The molecule has 2 heterocycles. The number of rotatable bonds is 8. The van der Waals surface area contributed by atoms with E-state index in [1.807, 2.05) is 32.0 Å². The summed E-state index contributed by atoms with van der Waals surface area (Å²) in [6.07, 6.45) is 1.23. The van der Waals surface area contributed by atoms with Crippen molar-refractivity contribution in [3.05, 3.63) is 52.9 Å². The van der Waals surface area contributed by atoms with Crippen LogP contribution in [-0.2, 0) is 16.1 Å². The van der Waals surface area contributed by atoms with E-state index in [4.69, 9.17) is 14.2 Å². The molecule has 0 aliphatic carbocycles. The molecule has 1 saturated heterocycles. The van der Waals surface area contributed by atoms with Crippen LogP contribution in [0, 0.1) is 0 Å². The van der Waals surface area contributed by atoms with Crippen molar-refractivity contribution >= 4 is 28.3 Å². The highest BCUT2D eigenvalue weighted by Gasteiger charge is 2.21. The first-order chi connectivity index (χ1) is 16.1. The van der Waals surface area contributed by atoms with Crippen molar-refractivity contribution in [2.75, 3.05) is 49.7 Å². The molecule has 1 N–H and O–H groups in total. The lowest BCUT2D eigenvalue weighted by atomic mass is 10.2. The topological polar surface area (TPSA) is 94.9 Å². The molecule has 33 heavy (non-hydrogen) atoms. The molecule has 1 fully saturated rings. The number of aromatic nitrogens is 2. The Bertz CT molecular complexity index is 1190. The van der Waals surface area contributed by atoms with Crippen LogP contribution in [0.2, 0.25) is 0 Å². The van der Waals surface area contributed by atoms with Crippen LogP contribution in [0.15, 0.2) is 47.4 Å². The van der Waals surface area contributed by atoms with Crippen LogP contribution in [-0.4, -0.2) is 55.0 Å². The predicted molar refractivity (Wildman–Crippen MR) is 126 cm³/mol. The lowest BCUT2D eigenvalue weighted by Gasteiger charge is -2.31. The summed E-state index contributed by atoms with van der Waals surface area (Å²) >= 11 is 0. The van der Waals surface area contributed by atoms with Crippen LogP contribution < -0.4 is 25.2 Å². The van der Waals surface area contributed by atoms with Crippen molar-refractivity contribution in [3.63, 3.8) is 0 Å². The molecule has 0 atom stereocenters. The van der Waals surface area contributed by atoms with Gasteiger partial charge >= 0.3 is 0 Å². The monoisotopic (exact) mass is 452 g/mol. The first kappa shape index (κ1) is 22.6. The molecule has 1 amide bonds. The molecule has 0 radical (unpaired) electrons. The summed E-state index contributed by atoms with van der Waals surface area (Å²) in [6.45, 7) is 7.35. The van der Waals surface area contributed by atoms with Crippen LogP contribution in [0.1, 0.15) is 13.8 Å². The van der Waals surface area contributed by atoms with E-state index in [9.17, 15) is 9.59 Å². The zero-order valence-electron chi connectivity index (χ0n) is 18.9. The van der Waals surface area contributed by atoms with Gasteiger partial charge in [0.05, 0.1) is 55.0 Å². The van der Waals surface area contributed by atoms with E-state index >= 15 is 0 Å². The number of hydrogen-bond acceptors (Lipinski definition) is 7. The molecule has 1 aliphatic heterocycles. The van der Waals surface area contributed by atoms with Crippen molar-refractivity contribution in [3.8, 4) is 11.5 Å². The van der Waals surface area contributed by atoms with Gasteiger partial charge in [0, 0.05) is 25.2 Å². The summed E-state index contributed by atoms with van der Waals surface area (Å²) in [5.41, 5.74) is 2.30. The number of anilines is 2. The second kappa shape index (κ2) is 10.4. The van der Waals surface area contributed by atoms with Crippen LogP contribution in [0.5, 0.6) is 11.5 Å². The minimum atomic E-state index is -0.351. The van der Waals surface area contributed by atoms with E-state index in [1.54, 1.807) is 18.2 Å². The van der Waals surface area contributed by atoms with E-state index in [1.165, 1.54) is 10.8 Å². The maximum Gasteiger partial charge on any atom is 0.269 e. The van der Waals surface area contributed by atoms with Gasteiger partial charge in [-0.2, -0.15) is 0 Å². The zero-order chi connectivity index (χ0) is 23.2. The van der Waals surface area contributed by atoms with E-state index in [0.717, 1.165) is 18.8 Å². The Labute approximate surface area is 191 Å². The number of fused-ring (bicyclic) bond motifs is 1. The van der Waals surface area contributed by atoms with Crippen molar-refractivity contribution in [1.82, 2.24) is 9.55 Å². The third kappa shape index (κ3) is 5.09. The first-order valence-corrected chi connectivity index (χ1v) is 11.1. The lowest BCUT2D eigenvalue weighted by molar-refractivity contribution is -0.116. The maximum absolute atomic E-state index is 13.0. The number of amides is 1. The molecule has 174 valence electrons. The number of nitrogens with one attached hydrogen (secondary N) is 1. The fraction of sp³-hybridized carbons (Fsp3) is 0.375. The summed E-state index contributed by atoms with van der Waals surface area (Å²) in [4.78, 5) is 31.7. The summed E-state index contributed by atoms with van der Waals surface area (Å²) in [7, 11) is 0. The van der Waals surface area contributed by atoms with Crippen molar-refractivity contribution in [2.45, 2.75) is 20.4 Å². The molecule has 1 aromatic heterocycles. The highest BCUT2D eigenvalue weighted by Crippen LogP contribution is 2.39. The van der Waals surface area contributed by atoms with Gasteiger partial charge in [-0.05, 0) is 26.0 Å². The highest BCUT2D eigenvalue weighted by atomic mass is 16.5. The minimum Gasteiger partial charge on any atom is -0.492 e. The molecule has 0 spiro atoms. The Balaban J connectivity index is 1.64. The summed E-state index contributed by atoms with van der Waals surface area (Å²) in [6, 6.07) is 10.9. The van der Waals surface area contributed by atoms with Gasteiger partial charge in [0.1, 0.15) is 18.0 Å². The quantitative estimate of drug-likeness (QED) is 0.561. The van der Waals surface area contributed by atoms with E-state index in [0.29, 0.717) is 54.6 Å². The van der Waals surface area contributed by atoms with Crippen molar-refractivity contribution in [1.29, 1.82) is 0 Å². The van der Waals surface area contributed by atoms with Crippen LogP contribution in [0.4, 0.5) is 11.4 Å². The van der Waals surface area contributed by atoms with Gasteiger partial charge in [0.2, 0.25) is 5.91 Å². The number of carbonyl (C=O) groups excluding carboxylic acids is 1. The van der Waals surface area contributed by atoms with Gasteiger partial charge in [0.15, 0.2) is 0 Å². The average molecular weight is 453 g/mol. The Hall–Kier alpha value is -3.59. The third-order valence-electron chi connectivity index (χ3n) is 5.34. The fourth-order valence-electron chi connectivity index (χ4n) is 3.86. The number of ether oxygens (including phenoxy) is 3. The second-order valence-corrected chi connectivity index (χ2v) is 7.50. The molecule has 4 rings (SSSR count). The molecule has 3 aromatic rings. The van der Waals surface area contributed by atoms with Gasteiger partial charge in [-0.25, -0.2) is 4.98 Å². The van der Waals surface area contributed by atoms with Gasteiger partial charge in [-0.3, -0.25) is 14.2 Å². The number of morpholine rings is 1. The third-order valence-corrected chi connectivity index (χ3v) is 5.34. The average Bonchev–Trinajstić information content (AvgIpc) is 2.83. The van der Waals surface area contributed by atoms with Gasteiger partial charge < -0.3 is 24.4 Å². The van der Waals surface area contributed by atoms with Gasteiger partial charge in [-0.1, -0.05) is 12.1 Å². The minimum absolute atomic E-state index is 0.150. The molecule has 0 bridgehead atoms. The molecule has 0 unspecified atom stereocenters. The molecular formula is C24H28N4O5. The predicted octanol–water partition coefficient (Wildman–Crippen LogP) is 2.67. The molecule has 2 aromatic carbocycles. The molecule has 9 nitrogen and oxygen atoms in total. The van der Waals surface area contributed by atoms with E-state index in [-0.39, 0.29) is 18.0 Å². The fourth-order valence-corrected chi connectivity index (χ4v) is 3.86. The summed E-state index contributed by atoms with van der Waals surface area (Å²) < 4.78 is 18.6. The molecule has 9 heteroatoms. The molecule has 1 aliphatic rings. The lowest BCUT2D eigenvalue weighted by Crippen LogP contribution is -2.36. The van der Waals surface area contributed by atoms with Crippen LogP contribution >= 0.6 is 0 Å². The van der Waals surface area contributed by atoms with Gasteiger partial charge in [0.25, 0.3) is 5.56 Å². The Kier molecular flexibility index (Phi) is 7.09. The number of carbonyl (C=O) groups is 1. The normalized spacial score (nSPS) is 13.7. The number of nitrogens with zero attached hydrogens (tertiary/aromatic N) is 3. The first-order valence-electron chi connectivity index (χ1n) is 11.1. The summed E-state index contributed by atoms with van der Waals surface area (Å²) in [5, 5.41) is 2.90. The van der Waals surface area contributed by atoms with Gasteiger partial charge in [-0.15, -0.1) is 0 Å². The Morgan fingerprint density at radius 2 is 1.82 bits per heavy atom. The molecular weight excluding hydrogens is 424 g/mol. The molecule has 0 saturated carbocycles. The SMILES string of the molecule is CCOc1cc(N2CCOCC2)c(OCC)cc1NC(=O)Cn1c(=O)cnc2ccccc21. The maximum atomic E-state index is 13.0. The summed E-state index contributed by atoms with van der Waals surface area (Å²) in [5.74, 6) is 0.850. The smallest absolute Gasteiger partial charge is 0.269 e. The number of benzene rings is 2. The van der Waals surface area contributed by atoms with Crippen molar-refractivity contribution < 1.29 is 19.0 Å². The van der Waals surface area contributed by atoms with Crippen LogP contribution in [0.25, 0.3) is 11.0 Å². The Morgan fingerprint density at radius 3 is 2.58 bits per heavy atom. The largest absolute Gasteiger partial charge is 0.492 e. The standard InChI is InChI=1S/C24H28N4O5/c1-3-32-21-14-20(27-9-11-31-12-10-27)22(33-4-2)13-18(21)26-23(29)16-28-19-8-6-5-7-17(19)25-15-24(28)30/h5-8,13-15H,3-4,9-12,16H2,1-2H3,(H,26,29). The highest BCUT2D eigenvalue weighted by molar-refractivity contribution is 5.94. The van der Waals surface area contributed by atoms with Crippen LogP contribution in [0.3, 0.4) is 0 Å². The zero-order valence-corrected chi connectivity index (χ0v) is 18.9. The van der Waals surface area contributed by atoms with E-state index < -0.39 is 0 Å².